The summed E-state index contributed by atoms with van der Waals surface area (Å²) >= 11 is 7.50. The van der Waals surface area contributed by atoms with Crippen molar-refractivity contribution in [3.63, 3.8) is 0 Å². The normalized spacial score (nSPS) is 10.5. The van der Waals surface area contributed by atoms with Crippen molar-refractivity contribution >= 4 is 33.0 Å². The van der Waals surface area contributed by atoms with E-state index < -0.39 is 0 Å². The van der Waals surface area contributed by atoms with Crippen molar-refractivity contribution in [1.29, 1.82) is 0 Å². The van der Waals surface area contributed by atoms with Crippen LogP contribution >= 0.6 is 22.9 Å². The summed E-state index contributed by atoms with van der Waals surface area (Å²) in [4.78, 5) is 0. The molecule has 2 nitrogen and oxygen atoms in total. The number of hydrogen-bond acceptors (Lipinski definition) is 3. The van der Waals surface area contributed by atoms with Crippen LogP contribution in [0.3, 0.4) is 0 Å². The predicted molar refractivity (Wildman–Crippen MR) is 59.9 cm³/mol. The standard InChI is InChI=1S/C10H9ClO2S/c1-12-8-3-6(11)4-9-7(8)5-10(13-2)14-9/h3-5H,1-2H3. The van der Waals surface area contributed by atoms with E-state index in [1.807, 2.05) is 12.1 Å². The largest absolute Gasteiger partial charge is 0.496 e. The third-order valence-electron chi connectivity index (χ3n) is 1.96. The first-order chi connectivity index (χ1) is 6.74. The minimum absolute atomic E-state index is 0.679. The molecule has 1 aromatic heterocycles. The van der Waals surface area contributed by atoms with Gasteiger partial charge in [0.15, 0.2) is 5.06 Å². The zero-order valence-electron chi connectivity index (χ0n) is 7.83. The molecule has 0 bridgehead atoms. The lowest BCUT2D eigenvalue weighted by atomic mass is 10.2. The molecule has 1 aromatic carbocycles. The van der Waals surface area contributed by atoms with E-state index in [0.717, 1.165) is 20.9 Å². The van der Waals surface area contributed by atoms with Gasteiger partial charge in [-0.05, 0) is 12.1 Å². The Kier molecular flexibility index (Phi) is 2.52. The van der Waals surface area contributed by atoms with Crippen LogP contribution in [-0.4, -0.2) is 14.2 Å². The van der Waals surface area contributed by atoms with Gasteiger partial charge in [0.1, 0.15) is 5.75 Å². The number of thiophene rings is 1. The number of fused-ring (bicyclic) bond motifs is 1. The van der Waals surface area contributed by atoms with Crippen molar-refractivity contribution in [1.82, 2.24) is 0 Å². The number of halogens is 1. The maximum atomic E-state index is 5.94. The maximum Gasteiger partial charge on any atom is 0.174 e. The molecule has 0 aliphatic rings. The number of hydrogen-bond donors (Lipinski definition) is 0. The average Bonchev–Trinajstić information content (AvgIpc) is 2.59. The predicted octanol–water partition coefficient (Wildman–Crippen LogP) is 3.57. The molecule has 14 heavy (non-hydrogen) atoms. The monoisotopic (exact) mass is 228 g/mol. The molecule has 0 aliphatic carbocycles. The highest BCUT2D eigenvalue weighted by atomic mass is 35.5. The Morgan fingerprint density at radius 2 is 1.93 bits per heavy atom. The molecule has 0 unspecified atom stereocenters. The van der Waals surface area contributed by atoms with Crippen LogP contribution in [0.15, 0.2) is 18.2 Å². The summed E-state index contributed by atoms with van der Waals surface area (Å²) in [5, 5.41) is 2.58. The molecule has 0 radical (unpaired) electrons. The summed E-state index contributed by atoms with van der Waals surface area (Å²) in [6, 6.07) is 5.66. The molecule has 0 saturated carbocycles. The zero-order valence-corrected chi connectivity index (χ0v) is 9.41. The fourth-order valence-corrected chi connectivity index (χ4v) is 2.53. The Morgan fingerprint density at radius 3 is 2.57 bits per heavy atom. The molecule has 0 spiro atoms. The molecular weight excluding hydrogens is 220 g/mol. The number of ether oxygens (including phenoxy) is 2. The summed E-state index contributed by atoms with van der Waals surface area (Å²) < 4.78 is 11.5. The van der Waals surface area contributed by atoms with Gasteiger partial charge in [-0.1, -0.05) is 22.9 Å². The van der Waals surface area contributed by atoms with E-state index in [9.17, 15) is 0 Å². The van der Waals surface area contributed by atoms with Crippen LogP contribution in [0.4, 0.5) is 0 Å². The molecule has 0 amide bonds. The Morgan fingerprint density at radius 1 is 1.14 bits per heavy atom. The third-order valence-corrected chi connectivity index (χ3v) is 3.22. The Hall–Kier alpha value is -0.930. The summed E-state index contributed by atoms with van der Waals surface area (Å²) in [7, 11) is 3.29. The van der Waals surface area contributed by atoms with Crippen LogP contribution in [0.2, 0.25) is 5.02 Å². The fourth-order valence-electron chi connectivity index (χ4n) is 1.32. The third kappa shape index (κ3) is 1.53. The van der Waals surface area contributed by atoms with Crippen molar-refractivity contribution in [2.75, 3.05) is 14.2 Å². The Balaban J connectivity index is 2.71. The molecule has 0 aliphatic heterocycles. The van der Waals surface area contributed by atoms with E-state index in [4.69, 9.17) is 21.1 Å². The van der Waals surface area contributed by atoms with Gasteiger partial charge in [0.05, 0.1) is 14.2 Å². The second-order valence-electron chi connectivity index (χ2n) is 2.79. The lowest BCUT2D eigenvalue weighted by Gasteiger charge is -2.01. The first-order valence-corrected chi connectivity index (χ1v) is 5.25. The summed E-state index contributed by atoms with van der Waals surface area (Å²) in [5.74, 6) is 0.784. The van der Waals surface area contributed by atoms with Gasteiger partial charge in [0.2, 0.25) is 0 Å². The molecule has 74 valence electrons. The van der Waals surface area contributed by atoms with Gasteiger partial charge in [-0.25, -0.2) is 0 Å². The smallest absolute Gasteiger partial charge is 0.174 e. The molecule has 4 heteroatoms. The van der Waals surface area contributed by atoms with Gasteiger partial charge >= 0.3 is 0 Å². The van der Waals surface area contributed by atoms with Crippen LogP contribution in [0, 0.1) is 0 Å². The van der Waals surface area contributed by atoms with E-state index in [0.29, 0.717) is 5.02 Å². The highest BCUT2D eigenvalue weighted by Gasteiger charge is 2.08. The summed E-state index contributed by atoms with van der Waals surface area (Å²) in [6.07, 6.45) is 0. The van der Waals surface area contributed by atoms with Crippen molar-refractivity contribution in [2.24, 2.45) is 0 Å². The van der Waals surface area contributed by atoms with E-state index in [2.05, 4.69) is 0 Å². The van der Waals surface area contributed by atoms with Crippen LogP contribution in [-0.2, 0) is 0 Å². The second-order valence-corrected chi connectivity index (χ2v) is 4.27. The highest BCUT2D eigenvalue weighted by molar-refractivity contribution is 7.20. The molecular formula is C10H9ClO2S. The van der Waals surface area contributed by atoms with E-state index in [1.54, 1.807) is 31.6 Å². The summed E-state index contributed by atoms with van der Waals surface area (Å²) in [6.45, 7) is 0. The van der Waals surface area contributed by atoms with Gasteiger partial charge < -0.3 is 9.47 Å². The average molecular weight is 229 g/mol. The number of rotatable bonds is 2. The summed E-state index contributed by atoms with van der Waals surface area (Å²) in [5.41, 5.74) is 0. The highest BCUT2D eigenvalue weighted by Crippen LogP contribution is 2.38. The Bertz CT molecular complexity index is 464. The van der Waals surface area contributed by atoms with Crippen molar-refractivity contribution in [2.45, 2.75) is 0 Å². The lowest BCUT2D eigenvalue weighted by Crippen LogP contribution is -1.82. The topological polar surface area (TPSA) is 18.5 Å². The van der Waals surface area contributed by atoms with Crippen molar-refractivity contribution in [3.05, 3.63) is 23.2 Å². The first kappa shape index (κ1) is 9.62. The number of methoxy groups -OCH3 is 2. The lowest BCUT2D eigenvalue weighted by molar-refractivity contribution is 0.418. The first-order valence-electron chi connectivity index (χ1n) is 4.05. The Labute approximate surface area is 91.0 Å². The van der Waals surface area contributed by atoms with E-state index >= 15 is 0 Å². The molecule has 2 rings (SSSR count). The minimum Gasteiger partial charge on any atom is -0.496 e. The molecule has 0 N–H and O–H groups in total. The van der Waals surface area contributed by atoms with Gasteiger partial charge in [-0.3, -0.25) is 0 Å². The van der Waals surface area contributed by atoms with Crippen LogP contribution in [0.25, 0.3) is 10.1 Å². The molecule has 0 saturated heterocycles. The van der Waals surface area contributed by atoms with Crippen LogP contribution in [0.1, 0.15) is 0 Å². The quantitative estimate of drug-likeness (QED) is 0.783. The van der Waals surface area contributed by atoms with Crippen molar-refractivity contribution in [3.8, 4) is 10.8 Å². The van der Waals surface area contributed by atoms with Gasteiger partial charge in [-0.15, -0.1) is 0 Å². The van der Waals surface area contributed by atoms with Gasteiger partial charge in [0.25, 0.3) is 0 Å². The minimum atomic E-state index is 0.679. The van der Waals surface area contributed by atoms with Crippen LogP contribution < -0.4 is 9.47 Å². The SMILES string of the molecule is COc1cc2c(OC)cc(Cl)cc2s1. The second kappa shape index (κ2) is 3.67. The molecule has 1 heterocycles. The molecule has 0 atom stereocenters. The van der Waals surface area contributed by atoms with Gasteiger partial charge in [0, 0.05) is 21.2 Å². The number of benzene rings is 1. The molecule has 0 fully saturated rings. The van der Waals surface area contributed by atoms with Gasteiger partial charge in [-0.2, -0.15) is 0 Å². The van der Waals surface area contributed by atoms with E-state index in [-0.39, 0.29) is 0 Å². The van der Waals surface area contributed by atoms with Crippen molar-refractivity contribution < 1.29 is 9.47 Å². The molecule has 2 aromatic rings. The zero-order chi connectivity index (χ0) is 10.1. The van der Waals surface area contributed by atoms with Crippen LogP contribution in [0.5, 0.6) is 10.8 Å². The maximum absolute atomic E-state index is 5.94. The fraction of sp³-hybridized carbons (Fsp3) is 0.200. The van der Waals surface area contributed by atoms with E-state index in [1.165, 1.54) is 0 Å².